The molecular formula is C20H11FO. The summed E-state index contributed by atoms with van der Waals surface area (Å²) in [7, 11) is 0. The number of halogens is 1. The highest BCUT2D eigenvalue weighted by Crippen LogP contribution is 2.37. The van der Waals surface area contributed by atoms with Gasteiger partial charge in [0, 0.05) is 10.8 Å². The molecule has 0 radical (unpaired) electrons. The van der Waals surface area contributed by atoms with Crippen LogP contribution in [0.3, 0.4) is 0 Å². The van der Waals surface area contributed by atoms with Crippen LogP contribution in [0.5, 0.6) is 0 Å². The number of benzene rings is 4. The van der Waals surface area contributed by atoms with Crippen molar-refractivity contribution in [2.24, 2.45) is 0 Å². The highest BCUT2D eigenvalue weighted by atomic mass is 19.1. The third-order valence-electron chi connectivity index (χ3n) is 4.32. The van der Waals surface area contributed by atoms with E-state index < -0.39 is 0 Å². The fourth-order valence-electron chi connectivity index (χ4n) is 3.34. The molecule has 0 unspecified atom stereocenters. The fourth-order valence-corrected chi connectivity index (χ4v) is 3.34. The predicted octanol–water partition coefficient (Wildman–Crippen LogP) is 6.03. The van der Waals surface area contributed by atoms with Crippen molar-refractivity contribution in [3.05, 3.63) is 72.5 Å². The zero-order chi connectivity index (χ0) is 14.7. The van der Waals surface area contributed by atoms with Crippen molar-refractivity contribution in [1.29, 1.82) is 0 Å². The first-order valence-corrected chi connectivity index (χ1v) is 7.23. The molecule has 0 amide bonds. The Bertz CT molecular complexity index is 1180. The number of hydrogen-bond donors (Lipinski definition) is 0. The molecule has 1 heterocycles. The van der Waals surface area contributed by atoms with Crippen molar-refractivity contribution in [3.63, 3.8) is 0 Å². The van der Waals surface area contributed by atoms with Gasteiger partial charge in [-0.05, 0) is 45.8 Å². The monoisotopic (exact) mass is 286 g/mol. The Hall–Kier alpha value is -2.87. The van der Waals surface area contributed by atoms with Gasteiger partial charge >= 0.3 is 0 Å². The van der Waals surface area contributed by atoms with Crippen LogP contribution in [0, 0.1) is 5.82 Å². The molecule has 0 saturated heterocycles. The first-order chi connectivity index (χ1) is 10.8. The predicted molar refractivity (Wildman–Crippen MR) is 88.7 cm³/mol. The van der Waals surface area contributed by atoms with Gasteiger partial charge in [0.15, 0.2) is 0 Å². The Balaban J connectivity index is 2.06. The molecule has 1 aromatic heterocycles. The smallest absolute Gasteiger partial charge is 0.136 e. The van der Waals surface area contributed by atoms with Gasteiger partial charge in [0.2, 0.25) is 0 Å². The second-order valence-electron chi connectivity index (χ2n) is 5.56. The van der Waals surface area contributed by atoms with Gasteiger partial charge in [-0.2, -0.15) is 0 Å². The quantitative estimate of drug-likeness (QED) is 0.317. The average molecular weight is 286 g/mol. The minimum Gasteiger partial charge on any atom is -0.456 e. The molecule has 0 aliphatic heterocycles. The Kier molecular flexibility index (Phi) is 2.18. The highest BCUT2D eigenvalue weighted by Gasteiger charge is 2.11. The molecule has 0 bridgehead atoms. The normalized spacial score (nSPS) is 11.9. The molecular weight excluding hydrogens is 275 g/mol. The first-order valence-electron chi connectivity index (χ1n) is 7.23. The van der Waals surface area contributed by atoms with Gasteiger partial charge in [-0.15, -0.1) is 0 Å². The van der Waals surface area contributed by atoms with Gasteiger partial charge in [0.25, 0.3) is 0 Å². The van der Waals surface area contributed by atoms with Crippen LogP contribution in [0.15, 0.2) is 71.1 Å². The SMILES string of the molecule is Fc1ccc2c(ccc3c2ccc2oc4ccccc4c23)c1. The number of rotatable bonds is 0. The van der Waals surface area contributed by atoms with E-state index in [9.17, 15) is 4.39 Å². The summed E-state index contributed by atoms with van der Waals surface area (Å²) in [6.07, 6.45) is 0. The van der Waals surface area contributed by atoms with Gasteiger partial charge in [-0.25, -0.2) is 4.39 Å². The zero-order valence-corrected chi connectivity index (χ0v) is 11.6. The van der Waals surface area contributed by atoms with Crippen molar-refractivity contribution in [1.82, 2.24) is 0 Å². The summed E-state index contributed by atoms with van der Waals surface area (Å²) in [5, 5.41) is 6.48. The van der Waals surface area contributed by atoms with E-state index in [0.717, 1.165) is 43.5 Å². The summed E-state index contributed by atoms with van der Waals surface area (Å²) in [5.41, 5.74) is 1.78. The third kappa shape index (κ3) is 1.47. The molecule has 5 rings (SSSR count). The van der Waals surface area contributed by atoms with Crippen LogP contribution in [-0.2, 0) is 0 Å². The van der Waals surface area contributed by atoms with E-state index in [0.29, 0.717) is 0 Å². The van der Waals surface area contributed by atoms with Crippen molar-refractivity contribution >= 4 is 43.5 Å². The molecule has 22 heavy (non-hydrogen) atoms. The third-order valence-corrected chi connectivity index (χ3v) is 4.32. The van der Waals surface area contributed by atoms with E-state index in [1.807, 2.05) is 36.4 Å². The standard InChI is InChI=1S/C20H11FO/c21-13-6-8-14-12(11-13)5-7-16-15(14)9-10-19-20(16)17-3-1-2-4-18(17)22-19/h1-11H. The molecule has 0 saturated carbocycles. The van der Waals surface area contributed by atoms with E-state index >= 15 is 0 Å². The molecule has 0 atom stereocenters. The van der Waals surface area contributed by atoms with Crippen LogP contribution >= 0.6 is 0 Å². The number of fused-ring (bicyclic) bond motifs is 7. The maximum Gasteiger partial charge on any atom is 0.136 e. The lowest BCUT2D eigenvalue weighted by molar-refractivity contribution is 0.630. The maximum atomic E-state index is 13.4. The summed E-state index contributed by atoms with van der Waals surface area (Å²) in [5.74, 6) is -0.207. The maximum absolute atomic E-state index is 13.4. The van der Waals surface area contributed by atoms with Gasteiger partial charge in [-0.1, -0.05) is 42.5 Å². The van der Waals surface area contributed by atoms with E-state index in [-0.39, 0.29) is 5.82 Å². The minimum atomic E-state index is -0.207. The summed E-state index contributed by atoms with van der Waals surface area (Å²) in [6, 6.07) is 21.1. The lowest BCUT2D eigenvalue weighted by Gasteiger charge is -2.05. The lowest BCUT2D eigenvalue weighted by atomic mass is 9.98. The topological polar surface area (TPSA) is 13.1 Å². The first kappa shape index (κ1) is 11.8. The summed E-state index contributed by atoms with van der Waals surface area (Å²) in [4.78, 5) is 0. The van der Waals surface area contributed by atoms with Crippen molar-refractivity contribution in [3.8, 4) is 0 Å². The van der Waals surface area contributed by atoms with Crippen LogP contribution in [-0.4, -0.2) is 0 Å². The fraction of sp³-hybridized carbons (Fsp3) is 0. The molecule has 0 N–H and O–H groups in total. The Morgan fingerprint density at radius 2 is 1.45 bits per heavy atom. The Morgan fingerprint density at radius 1 is 0.636 bits per heavy atom. The van der Waals surface area contributed by atoms with Gasteiger partial charge in [0.1, 0.15) is 17.0 Å². The van der Waals surface area contributed by atoms with Crippen LogP contribution in [0.2, 0.25) is 0 Å². The Morgan fingerprint density at radius 3 is 2.41 bits per heavy atom. The highest BCUT2D eigenvalue weighted by molar-refractivity contribution is 6.23. The second-order valence-corrected chi connectivity index (χ2v) is 5.56. The average Bonchev–Trinajstić information content (AvgIpc) is 2.93. The van der Waals surface area contributed by atoms with Gasteiger partial charge in [0.05, 0.1) is 0 Å². The molecule has 0 spiro atoms. The molecule has 4 aromatic carbocycles. The summed E-state index contributed by atoms with van der Waals surface area (Å²) >= 11 is 0. The van der Waals surface area contributed by atoms with Crippen LogP contribution < -0.4 is 0 Å². The molecule has 104 valence electrons. The summed E-state index contributed by atoms with van der Waals surface area (Å²) in [6.45, 7) is 0. The van der Waals surface area contributed by atoms with Crippen LogP contribution in [0.25, 0.3) is 43.5 Å². The van der Waals surface area contributed by atoms with Crippen molar-refractivity contribution in [2.45, 2.75) is 0 Å². The second kappa shape index (κ2) is 4.08. The van der Waals surface area contributed by atoms with Gasteiger partial charge < -0.3 is 4.42 Å². The van der Waals surface area contributed by atoms with Crippen molar-refractivity contribution < 1.29 is 8.81 Å². The number of hydrogen-bond acceptors (Lipinski definition) is 1. The van der Waals surface area contributed by atoms with E-state index in [4.69, 9.17) is 4.42 Å². The Labute approximate surface area is 125 Å². The lowest BCUT2D eigenvalue weighted by Crippen LogP contribution is -1.80. The molecule has 1 nitrogen and oxygen atoms in total. The van der Waals surface area contributed by atoms with Crippen molar-refractivity contribution in [2.75, 3.05) is 0 Å². The van der Waals surface area contributed by atoms with E-state index in [1.165, 1.54) is 6.07 Å². The van der Waals surface area contributed by atoms with Crippen LogP contribution in [0.1, 0.15) is 0 Å². The minimum absolute atomic E-state index is 0.207. The molecule has 0 aliphatic rings. The molecule has 5 aromatic rings. The molecule has 0 fully saturated rings. The number of para-hydroxylation sites is 1. The summed E-state index contributed by atoms with van der Waals surface area (Å²) < 4.78 is 19.4. The van der Waals surface area contributed by atoms with E-state index in [2.05, 4.69) is 18.2 Å². The number of furan rings is 1. The van der Waals surface area contributed by atoms with E-state index in [1.54, 1.807) is 6.07 Å². The van der Waals surface area contributed by atoms with Gasteiger partial charge in [-0.3, -0.25) is 0 Å². The molecule has 0 aliphatic carbocycles. The largest absolute Gasteiger partial charge is 0.456 e. The zero-order valence-electron chi connectivity index (χ0n) is 11.6. The van der Waals surface area contributed by atoms with Crippen LogP contribution in [0.4, 0.5) is 4.39 Å². The molecule has 2 heteroatoms.